The van der Waals surface area contributed by atoms with Gasteiger partial charge in [-0.1, -0.05) is 18.2 Å². The van der Waals surface area contributed by atoms with Gasteiger partial charge in [-0.15, -0.1) is 11.3 Å². The number of nitrogens with one attached hydrogen (secondary N) is 1. The van der Waals surface area contributed by atoms with Crippen molar-refractivity contribution in [1.29, 1.82) is 0 Å². The molecular formula is C15H16BrN3S. The number of rotatable bonds is 4. The molecule has 104 valence electrons. The van der Waals surface area contributed by atoms with Crippen LogP contribution < -0.4 is 5.32 Å². The zero-order valence-electron chi connectivity index (χ0n) is 11.4. The Morgan fingerprint density at radius 1 is 1.30 bits per heavy atom. The minimum absolute atomic E-state index is 0.228. The molecule has 1 atom stereocenters. The van der Waals surface area contributed by atoms with Gasteiger partial charge in [0.1, 0.15) is 0 Å². The fraction of sp³-hybridized carbons (Fsp3) is 0.267. The molecule has 0 saturated carbocycles. The Hall–Kier alpha value is -1.17. The lowest BCUT2D eigenvalue weighted by molar-refractivity contribution is 0.570. The van der Waals surface area contributed by atoms with Crippen molar-refractivity contribution in [2.45, 2.75) is 12.5 Å². The smallest absolute Gasteiger partial charge is 0.0876 e. The highest BCUT2D eigenvalue weighted by molar-refractivity contribution is 9.11. The van der Waals surface area contributed by atoms with Gasteiger partial charge in [-0.3, -0.25) is 4.68 Å². The van der Waals surface area contributed by atoms with Crippen molar-refractivity contribution in [3.63, 3.8) is 0 Å². The highest BCUT2D eigenvalue weighted by Gasteiger charge is 2.18. The van der Waals surface area contributed by atoms with Crippen molar-refractivity contribution < 1.29 is 0 Å². The highest BCUT2D eigenvalue weighted by atomic mass is 79.9. The van der Waals surface area contributed by atoms with E-state index >= 15 is 0 Å². The summed E-state index contributed by atoms with van der Waals surface area (Å²) in [6.07, 6.45) is 0.952. The van der Waals surface area contributed by atoms with Gasteiger partial charge in [0, 0.05) is 23.7 Å². The van der Waals surface area contributed by atoms with E-state index in [0.717, 1.165) is 12.1 Å². The maximum absolute atomic E-state index is 4.71. The maximum atomic E-state index is 4.71. The van der Waals surface area contributed by atoms with Crippen molar-refractivity contribution in [3.05, 3.63) is 50.8 Å². The van der Waals surface area contributed by atoms with E-state index in [4.69, 9.17) is 5.10 Å². The van der Waals surface area contributed by atoms with Crippen LogP contribution in [0.15, 0.2) is 40.2 Å². The van der Waals surface area contributed by atoms with Crippen LogP contribution in [0.1, 0.15) is 16.6 Å². The average molecular weight is 350 g/mol. The molecule has 5 heteroatoms. The third-order valence-electron chi connectivity index (χ3n) is 3.50. The van der Waals surface area contributed by atoms with Gasteiger partial charge in [0.15, 0.2) is 0 Å². The van der Waals surface area contributed by atoms with Crippen LogP contribution in [-0.2, 0) is 13.5 Å². The highest BCUT2D eigenvalue weighted by Crippen LogP contribution is 2.29. The van der Waals surface area contributed by atoms with Crippen LogP contribution in [0.5, 0.6) is 0 Å². The van der Waals surface area contributed by atoms with E-state index in [9.17, 15) is 0 Å². The SMILES string of the molecule is CNC(Cc1ccc(Br)s1)c1nn(C)c2ccccc12. The molecule has 3 aromatic rings. The first-order chi connectivity index (χ1) is 9.69. The van der Waals surface area contributed by atoms with Crippen molar-refractivity contribution in [3.8, 4) is 0 Å². The zero-order chi connectivity index (χ0) is 14.1. The average Bonchev–Trinajstić information content (AvgIpc) is 3.01. The third-order valence-corrected chi connectivity index (χ3v) is 5.15. The van der Waals surface area contributed by atoms with Gasteiger partial charge in [-0.05, 0) is 41.2 Å². The predicted octanol–water partition coefficient (Wildman–Crippen LogP) is 3.90. The Kier molecular flexibility index (Phi) is 3.92. The molecule has 0 aliphatic carbocycles. The van der Waals surface area contributed by atoms with Crippen molar-refractivity contribution in [1.82, 2.24) is 15.1 Å². The van der Waals surface area contributed by atoms with Gasteiger partial charge in [0.05, 0.1) is 21.0 Å². The standard InChI is InChI=1S/C15H16BrN3S/c1-17-12(9-10-7-8-14(16)20-10)15-11-5-3-4-6-13(11)19(2)18-15/h3-8,12,17H,9H2,1-2H3. The van der Waals surface area contributed by atoms with Crippen LogP contribution in [0.3, 0.4) is 0 Å². The summed E-state index contributed by atoms with van der Waals surface area (Å²) < 4.78 is 3.13. The molecule has 1 aromatic carbocycles. The normalized spacial score (nSPS) is 12.9. The molecule has 0 amide bonds. The molecule has 0 aliphatic heterocycles. The number of fused-ring (bicyclic) bond motifs is 1. The van der Waals surface area contributed by atoms with Gasteiger partial charge in [0.25, 0.3) is 0 Å². The second kappa shape index (κ2) is 5.68. The van der Waals surface area contributed by atoms with E-state index in [1.54, 1.807) is 11.3 Å². The molecule has 2 heterocycles. The fourth-order valence-electron chi connectivity index (χ4n) is 2.50. The third kappa shape index (κ3) is 2.53. The monoisotopic (exact) mass is 349 g/mol. The number of likely N-dealkylation sites (N-methyl/N-ethyl adjacent to an activating group) is 1. The molecular weight excluding hydrogens is 334 g/mol. The largest absolute Gasteiger partial charge is 0.311 e. The number of hydrogen-bond donors (Lipinski definition) is 1. The van der Waals surface area contributed by atoms with Crippen LogP contribution >= 0.6 is 27.3 Å². The minimum atomic E-state index is 0.228. The van der Waals surface area contributed by atoms with Gasteiger partial charge >= 0.3 is 0 Å². The Morgan fingerprint density at radius 2 is 2.10 bits per heavy atom. The molecule has 2 aromatic heterocycles. The summed E-state index contributed by atoms with van der Waals surface area (Å²) >= 11 is 5.30. The summed E-state index contributed by atoms with van der Waals surface area (Å²) in [5, 5.41) is 9.33. The molecule has 0 radical (unpaired) electrons. The van der Waals surface area contributed by atoms with Crippen molar-refractivity contribution in [2.75, 3.05) is 7.05 Å². The topological polar surface area (TPSA) is 29.9 Å². The van der Waals surface area contributed by atoms with Crippen LogP contribution in [0.4, 0.5) is 0 Å². The lowest BCUT2D eigenvalue weighted by atomic mass is 10.1. The number of hydrogen-bond acceptors (Lipinski definition) is 3. The van der Waals surface area contributed by atoms with Crippen LogP contribution in [-0.4, -0.2) is 16.8 Å². The molecule has 0 saturated heterocycles. The molecule has 0 bridgehead atoms. The molecule has 3 rings (SSSR count). The summed E-state index contributed by atoms with van der Waals surface area (Å²) in [5.74, 6) is 0. The Balaban J connectivity index is 1.99. The number of para-hydroxylation sites is 1. The number of benzene rings is 1. The first-order valence-electron chi connectivity index (χ1n) is 6.52. The van der Waals surface area contributed by atoms with E-state index in [2.05, 4.69) is 57.6 Å². The fourth-order valence-corrected chi connectivity index (χ4v) is 4.03. The van der Waals surface area contributed by atoms with E-state index in [0.29, 0.717) is 0 Å². The molecule has 0 aliphatic rings. The molecule has 0 spiro atoms. The number of halogens is 1. The van der Waals surface area contributed by atoms with Gasteiger partial charge in [-0.25, -0.2) is 0 Å². The van der Waals surface area contributed by atoms with Crippen LogP contribution in [0.25, 0.3) is 10.9 Å². The molecule has 1 N–H and O–H groups in total. The first-order valence-corrected chi connectivity index (χ1v) is 8.13. The van der Waals surface area contributed by atoms with E-state index < -0.39 is 0 Å². The Labute approximate surface area is 130 Å². The van der Waals surface area contributed by atoms with Crippen LogP contribution in [0, 0.1) is 0 Å². The summed E-state index contributed by atoms with van der Waals surface area (Å²) in [6.45, 7) is 0. The summed E-state index contributed by atoms with van der Waals surface area (Å²) in [4.78, 5) is 1.35. The van der Waals surface area contributed by atoms with Crippen LogP contribution in [0.2, 0.25) is 0 Å². The molecule has 20 heavy (non-hydrogen) atoms. The number of nitrogens with zero attached hydrogens (tertiary/aromatic N) is 2. The quantitative estimate of drug-likeness (QED) is 0.773. The molecule has 3 nitrogen and oxygen atoms in total. The molecule has 1 unspecified atom stereocenters. The second-order valence-electron chi connectivity index (χ2n) is 4.78. The van der Waals surface area contributed by atoms with E-state index in [1.807, 2.05) is 18.8 Å². The minimum Gasteiger partial charge on any atom is -0.311 e. The summed E-state index contributed by atoms with van der Waals surface area (Å²) in [7, 11) is 4.00. The molecule has 0 fully saturated rings. The second-order valence-corrected chi connectivity index (χ2v) is 7.32. The zero-order valence-corrected chi connectivity index (χ0v) is 13.8. The van der Waals surface area contributed by atoms with Gasteiger partial charge in [-0.2, -0.15) is 5.10 Å². The van der Waals surface area contributed by atoms with Gasteiger partial charge in [0.2, 0.25) is 0 Å². The van der Waals surface area contributed by atoms with E-state index in [1.165, 1.54) is 19.6 Å². The Bertz CT molecular complexity index is 732. The maximum Gasteiger partial charge on any atom is 0.0876 e. The van der Waals surface area contributed by atoms with E-state index in [-0.39, 0.29) is 6.04 Å². The summed E-state index contributed by atoms with van der Waals surface area (Å²) in [6, 6.07) is 12.9. The Morgan fingerprint density at radius 3 is 2.80 bits per heavy atom. The number of aryl methyl sites for hydroxylation is 1. The lowest BCUT2D eigenvalue weighted by Crippen LogP contribution is -2.19. The lowest BCUT2D eigenvalue weighted by Gasteiger charge is -2.13. The predicted molar refractivity (Wildman–Crippen MR) is 88.2 cm³/mol. The number of aromatic nitrogens is 2. The number of thiophene rings is 1. The van der Waals surface area contributed by atoms with Gasteiger partial charge < -0.3 is 5.32 Å². The van der Waals surface area contributed by atoms with Crippen molar-refractivity contribution >= 4 is 38.2 Å². The van der Waals surface area contributed by atoms with Crippen molar-refractivity contribution in [2.24, 2.45) is 7.05 Å². The first kappa shape index (κ1) is 13.8. The summed E-state index contributed by atoms with van der Waals surface area (Å²) in [5.41, 5.74) is 2.30.